The van der Waals surface area contributed by atoms with Crippen LogP contribution in [-0.4, -0.2) is 18.5 Å². The molecule has 2 N–H and O–H groups in total. The third kappa shape index (κ3) is 2.76. The van der Waals surface area contributed by atoms with Gasteiger partial charge in [-0.05, 0) is 38.1 Å². The first kappa shape index (κ1) is 12.3. The van der Waals surface area contributed by atoms with Crippen molar-refractivity contribution < 1.29 is 9.18 Å². The van der Waals surface area contributed by atoms with E-state index in [1.54, 1.807) is 6.07 Å². The fourth-order valence-corrected chi connectivity index (χ4v) is 2.14. The lowest BCUT2D eigenvalue weighted by atomic mass is 10.0. The first-order valence-electron chi connectivity index (χ1n) is 5.57. The SMILES string of the molecule is CC1NCCC1C(=O)Nc1ccc(Cl)c(F)c1. The van der Waals surface area contributed by atoms with Crippen molar-refractivity contribution in [2.75, 3.05) is 11.9 Å². The lowest BCUT2D eigenvalue weighted by Crippen LogP contribution is -2.32. The molecule has 0 aliphatic carbocycles. The van der Waals surface area contributed by atoms with Crippen molar-refractivity contribution in [1.29, 1.82) is 0 Å². The van der Waals surface area contributed by atoms with Crippen LogP contribution in [0.2, 0.25) is 5.02 Å². The molecule has 1 heterocycles. The summed E-state index contributed by atoms with van der Waals surface area (Å²) in [7, 11) is 0. The van der Waals surface area contributed by atoms with Gasteiger partial charge in [0.05, 0.1) is 10.9 Å². The van der Waals surface area contributed by atoms with Crippen LogP contribution in [0.3, 0.4) is 0 Å². The molecule has 0 saturated carbocycles. The van der Waals surface area contributed by atoms with Gasteiger partial charge < -0.3 is 10.6 Å². The molecule has 0 bridgehead atoms. The fourth-order valence-electron chi connectivity index (χ4n) is 2.03. The molecule has 1 aromatic rings. The molecule has 1 aromatic carbocycles. The minimum Gasteiger partial charge on any atom is -0.326 e. The van der Waals surface area contributed by atoms with Crippen LogP contribution in [0.5, 0.6) is 0 Å². The predicted octanol–water partition coefficient (Wildman–Crippen LogP) is 2.42. The number of hydrogen-bond acceptors (Lipinski definition) is 2. The first-order chi connectivity index (χ1) is 8.08. The Bertz CT molecular complexity index is 439. The summed E-state index contributed by atoms with van der Waals surface area (Å²) in [4.78, 5) is 11.9. The summed E-state index contributed by atoms with van der Waals surface area (Å²) in [6.07, 6.45) is 0.809. The second-order valence-electron chi connectivity index (χ2n) is 4.26. The molecule has 2 rings (SSSR count). The second-order valence-corrected chi connectivity index (χ2v) is 4.66. The summed E-state index contributed by atoms with van der Waals surface area (Å²) in [5, 5.41) is 5.96. The molecule has 1 amide bonds. The molecule has 1 aliphatic rings. The maximum absolute atomic E-state index is 13.2. The quantitative estimate of drug-likeness (QED) is 0.853. The van der Waals surface area contributed by atoms with Gasteiger partial charge in [-0.15, -0.1) is 0 Å². The summed E-state index contributed by atoms with van der Waals surface area (Å²) in [5.74, 6) is -0.667. The summed E-state index contributed by atoms with van der Waals surface area (Å²) >= 11 is 5.57. The van der Waals surface area contributed by atoms with Crippen LogP contribution in [0.1, 0.15) is 13.3 Å². The number of hydrogen-bond donors (Lipinski definition) is 2. The van der Waals surface area contributed by atoms with Crippen LogP contribution >= 0.6 is 11.6 Å². The number of nitrogens with one attached hydrogen (secondary N) is 2. The van der Waals surface area contributed by atoms with Crippen LogP contribution in [0.4, 0.5) is 10.1 Å². The lowest BCUT2D eigenvalue weighted by molar-refractivity contribution is -0.119. The van der Waals surface area contributed by atoms with Gasteiger partial charge in [0.25, 0.3) is 0 Å². The molecule has 92 valence electrons. The van der Waals surface area contributed by atoms with Crippen molar-refractivity contribution in [1.82, 2.24) is 5.32 Å². The van der Waals surface area contributed by atoms with E-state index in [0.29, 0.717) is 5.69 Å². The third-order valence-electron chi connectivity index (χ3n) is 3.05. The minimum absolute atomic E-state index is 0.0545. The zero-order valence-corrected chi connectivity index (χ0v) is 10.2. The Hall–Kier alpha value is -1.13. The second kappa shape index (κ2) is 5.02. The summed E-state index contributed by atoms with van der Waals surface area (Å²) in [5.41, 5.74) is 0.441. The molecule has 1 saturated heterocycles. The number of amides is 1. The van der Waals surface area contributed by atoms with Crippen LogP contribution in [0.25, 0.3) is 0 Å². The number of anilines is 1. The van der Waals surface area contributed by atoms with E-state index in [-0.39, 0.29) is 22.9 Å². The molecule has 2 atom stereocenters. The van der Waals surface area contributed by atoms with Gasteiger partial charge in [0, 0.05) is 11.7 Å². The van der Waals surface area contributed by atoms with Crippen LogP contribution < -0.4 is 10.6 Å². The van der Waals surface area contributed by atoms with E-state index in [2.05, 4.69) is 10.6 Å². The smallest absolute Gasteiger partial charge is 0.229 e. The van der Waals surface area contributed by atoms with Gasteiger partial charge in [-0.3, -0.25) is 4.79 Å². The van der Waals surface area contributed by atoms with Crippen molar-refractivity contribution >= 4 is 23.2 Å². The van der Waals surface area contributed by atoms with Crippen LogP contribution in [0.15, 0.2) is 18.2 Å². The average molecular weight is 257 g/mol. The zero-order chi connectivity index (χ0) is 12.4. The largest absolute Gasteiger partial charge is 0.326 e. The lowest BCUT2D eigenvalue weighted by Gasteiger charge is -2.15. The highest BCUT2D eigenvalue weighted by Gasteiger charge is 2.29. The van der Waals surface area contributed by atoms with E-state index in [0.717, 1.165) is 13.0 Å². The van der Waals surface area contributed by atoms with E-state index in [4.69, 9.17) is 11.6 Å². The van der Waals surface area contributed by atoms with Gasteiger partial charge in [0.1, 0.15) is 5.82 Å². The molecule has 0 aromatic heterocycles. The molecule has 2 unspecified atom stereocenters. The molecule has 1 fully saturated rings. The molecule has 17 heavy (non-hydrogen) atoms. The predicted molar refractivity (Wildman–Crippen MR) is 65.6 cm³/mol. The molecule has 0 spiro atoms. The first-order valence-corrected chi connectivity index (χ1v) is 5.95. The Morgan fingerprint density at radius 3 is 2.94 bits per heavy atom. The fraction of sp³-hybridized carbons (Fsp3) is 0.417. The molecule has 3 nitrogen and oxygen atoms in total. The number of benzene rings is 1. The Balaban J connectivity index is 2.05. The normalized spacial score (nSPS) is 23.7. The Morgan fingerprint density at radius 1 is 1.59 bits per heavy atom. The third-order valence-corrected chi connectivity index (χ3v) is 3.36. The number of rotatable bonds is 2. The number of carbonyl (C=O) groups is 1. The Morgan fingerprint density at radius 2 is 2.35 bits per heavy atom. The summed E-state index contributed by atoms with van der Waals surface area (Å²) in [6, 6.07) is 4.42. The van der Waals surface area contributed by atoms with E-state index in [1.165, 1.54) is 12.1 Å². The summed E-state index contributed by atoms with van der Waals surface area (Å²) < 4.78 is 13.2. The van der Waals surface area contributed by atoms with Crippen molar-refractivity contribution in [2.24, 2.45) is 5.92 Å². The summed E-state index contributed by atoms with van der Waals surface area (Å²) in [6.45, 7) is 2.81. The van der Waals surface area contributed by atoms with Gasteiger partial charge >= 0.3 is 0 Å². The van der Waals surface area contributed by atoms with Gasteiger partial charge in [-0.2, -0.15) is 0 Å². The maximum Gasteiger partial charge on any atom is 0.229 e. The van der Waals surface area contributed by atoms with Crippen LogP contribution in [-0.2, 0) is 4.79 Å². The van der Waals surface area contributed by atoms with Gasteiger partial charge in [0.15, 0.2) is 0 Å². The molecular formula is C12H14ClFN2O. The maximum atomic E-state index is 13.2. The van der Waals surface area contributed by atoms with E-state index in [9.17, 15) is 9.18 Å². The number of carbonyl (C=O) groups excluding carboxylic acids is 1. The highest BCUT2D eigenvalue weighted by Crippen LogP contribution is 2.21. The van der Waals surface area contributed by atoms with Crippen LogP contribution in [0, 0.1) is 11.7 Å². The monoisotopic (exact) mass is 256 g/mol. The highest BCUT2D eigenvalue weighted by molar-refractivity contribution is 6.30. The highest BCUT2D eigenvalue weighted by atomic mass is 35.5. The minimum atomic E-state index is -0.526. The van der Waals surface area contributed by atoms with E-state index >= 15 is 0 Å². The number of halogens is 2. The van der Waals surface area contributed by atoms with Crippen molar-refractivity contribution in [3.8, 4) is 0 Å². The van der Waals surface area contributed by atoms with E-state index in [1.807, 2.05) is 6.92 Å². The van der Waals surface area contributed by atoms with Crippen molar-refractivity contribution in [3.05, 3.63) is 29.0 Å². The standard InChI is InChI=1S/C12H14ClFN2O/c1-7-9(4-5-15-7)12(17)16-8-2-3-10(13)11(14)6-8/h2-3,6-7,9,15H,4-5H2,1H3,(H,16,17). The Kier molecular flexibility index (Phi) is 3.64. The Labute approximate surface area is 104 Å². The molecule has 1 aliphatic heterocycles. The molecule has 5 heteroatoms. The van der Waals surface area contributed by atoms with Gasteiger partial charge in [-0.1, -0.05) is 11.6 Å². The van der Waals surface area contributed by atoms with Crippen molar-refractivity contribution in [2.45, 2.75) is 19.4 Å². The van der Waals surface area contributed by atoms with Gasteiger partial charge in [-0.25, -0.2) is 4.39 Å². The molecule has 0 radical (unpaired) electrons. The van der Waals surface area contributed by atoms with Crippen molar-refractivity contribution in [3.63, 3.8) is 0 Å². The van der Waals surface area contributed by atoms with E-state index < -0.39 is 5.82 Å². The molecular weight excluding hydrogens is 243 g/mol. The zero-order valence-electron chi connectivity index (χ0n) is 9.47. The van der Waals surface area contributed by atoms with Gasteiger partial charge in [0.2, 0.25) is 5.91 Å². The topological polar surface area (TPSA) is 41.1 Å². The average Bonchev–Trinajstić information content (AvgIpc) is 2.70.